The van der Waals surface area contributed by atoms with Crippen LogP contribution < -0.4 is 10.1 Å². The highest BCUT2D eigenvalue weighted by Crippen LogP contribution is 2.12. The van der Waals surface area contributed by atoms with Gasteiger partial charge in [-0.1, -0.05) is 25.5 Å². The first-order valence-electron chi connectivity index (χ1n) is 6.25. The summed E-state index contributed by atoms with van der Waals surface area (Å²) < 4.78 is 10.1. The van der Waals surface area contributed by atoms with Gasteiger partial charge in [0.05, 0.1) is 20.3 Å². The molecule has 0 unspecified atom stereocenters. The predicted molar refractivity (Wildman–Crippen MR) is 70.6 cm³/mol. The average Bonchev–Trinajstić information content (AvgIpc) is 2.40. The van der Waals surface area contributed by atoms with Gasteiger partial charge in [0.25, 0.3) is 0 Å². The summed E-state index contributed by atoms with van der Waals surface area (Å²) in [5.74, 6) is 0.634. The summed E-state index contributed by atoms with van der Waals surface area (Å²) >= 11 is 0. The van der Waals surface area contributed by atoms with Crippen LogP contribution in [0.1, 0.15) is 25.3 Å². The lowest BCUT2D eigenvalue weighted by Crippen LogP contribution is -2.23. The van der Waals surface area contributed by atoms with Crippen molar-refractivity contribution in [1.29, 1.82) is 0 Å². The van der Waals surface area contributed by atoms with E-state index in [1.165, 1.54) is 7.11 Å². The van der Waals surface area contributed by atoms with E-state index in [0.717, 1.165) is 30.8 Å². The summed E-state index contributed by atoms with van der Waals surface area (Å²) in [7, 11) is 1.38. The van der Waals surface area contributed by atoms with Crippen LogP contribution in [0, 0.1) is 0 Å². The maximum absolute atomic E-state index is 10.9. The molecule has 0 saturated carbocycles. The van der Waals surface area contributed by atoms with Crippen molar-refractivity contribution >= 4 is 5.97 Å². The molecule has 0 heterocycles. The number of esters is 1. The van der Waals surface area contributed by atoms with Gasteiger partial charge in [0.2, 0.25) is 0 Å². The van der Waals surface area contributed by atoms with Gasteiger partial charge in [-0.15, -0.1) is 0 Å². The Morgan fingerprint density at radius 1 is 1.28 bits per heavy atom. The minimum absolute atomic E-state index is 0.227. The fourth-order valence-corrected chi connectivity index (χ4v) is 1.42. The molecule has 0 aliphatic heterocycles. The van der Waals surface area contributed by atoms with Crippen molar-refractivity contribution in [3.63, 3.8) is 0 Å². The highest BCUT2D eigenvalue weighted by atomic mass is 16.5. The van der Waals surface area contributed by atoms with Crippen LogP contribution in [0.15, 0.2) is 24.3 Å². The van der Waals surface area contributed by atoms with E-state index in [1.807, 2.05) is 24.3 Å². The van der Waals surface area contributed by atoms with Gasteiger partial charge in [0.15, 0.2) is 0 Å². The lowest BCUT2D eigenvalue weighted by molar-refractivity contribution is -0.139. The topological polar surface area (TPSA) is 47.6 Å². The molecule has 1 N–H and O–H groups in total. The molecule has 0 amide bonds. The Balaban J connectivity index is 2.29. The number of carbonyl (C=O) groups is 1. The zero-order valence-electron chi connectivity index (χ0n) is 11.1. The smallest absolute Gasteiger partial charge is 0.319 e. The Kier molecular flexibility index (Phi) is 6.87. The van der Waals surface area contributed by atoms with E-state index in [0.29, 0.717) is 6.54 Å². The zero-order chi connectivity index (χ0) is 13.2. The van der Waals surface area contributed by atoms with E-state index in [1.54, 1.807) is 0 Å². The second-order valence-electron chi connectivity index (χ2n) is 4.03. The molecule has 0 aliphatic carbocycles. The maximum Gasteiger partial charge on any atom is 0.319 e. The highest BCUT2D eigenvalue weighted by Gasteiger charge is 1.99. The van der Waals surface area contributed by atoms with Crippen molar-refractivity contribution in [2.24, 2.45) is 0 Å². The van der Waals surface area contributed by atoms with Crippen molar-refractivity contribution in [2.45, 2.75) is 26.3 Å². The number of ether oxygens (including phenoxy) is 2. The van der Waals surface area contributed by atoms with Gasteiger partial charge in [0.1, 0.15) is 5.75 Å². The Morgan fingerprint density at radius 2 is 2.00 bits per heavy atom. The average molecular weight is 251 g/mol. The Labute approximate surface area is 108 Å². The first kappa shape index (κ1) is 14.5. The Bertz CT molecular complexity index is 349. The van der Waals surface area contributed by atoms with Crippen LogP contribution in [0.25, 0.3) is 0 Å². The summed E-state index contributed by atoms with van der Waals surface area (Å²) in [5, 5.41) is 3.01. The molecule has 1 aromatic rings. The molecule has 0 bridgehead atoms. The van der Waals surface area contributed by atoms with Gasteiger partial charge in [-0.25, -0.2) is 0 Å². The molecule has 0 fully saturated rings. The number of carbonyl (C=O) groups excluding carboxylic acids is 1. The van der Waals surface area contributed by atoms with E-state index in [2.05, 4.69) is 17.0 Å². The van der Waals surface area contributed by atoms with Crippen molar-refractivity contribution in [3.05, 3.63) is 29.8 Å². The van der Waals surface area contributed by atoms with Crippen LogP contribution in [-0.2, 0) is 16.1 Å². The van der Waals surface area contributed by atoms with Gasteiger partial charge in [-0.2, -0.15) is 0 Å². The van der Waals surface area contributed by atoms with Crippen LogP contribution in [0.2, 0.25) is 0 Å². The van der Waals surface area contributed by atoms with Crippen LogP contribution in [0.5, 0.6) is 5.75 Å². The third kappa shape index (κ3) is 5.68. The summed E-state index contributed by atoms with van der Waals surface area (Å²) in [6.07, 6.45) is 2.21. The number of benzene rings is 1. The molecule has 100 valence electrons. The van der Waals surface area contributed by atoms with Crippen molar-refractivity contribution < 1.29 is 14.3 Å². The van der Waals surface area contributed by atoms with E-state index >= 15 is 0 Å². The van der Waals surface area contributed by atoms with Crippen molar-refractivity contribution in [1.82, 2.24) is 5.32 Å². The van der Waals surface area contributed by atoms with Gasteiger partial charge in [0, 0.05) is 6.54 Å². The molecule has 0 spiro atoms. The SMILES string of the molecule is CCCCOc1ccc(CNCC(=O)OC)cc1. The monoisotopic (exact) mass is 251 g/mol. The van der Waals surface area contributed by atoms with Crippen LogP contribution in [0.4, 0.5) is 0 Å². The number of hydrogen-bond donors (Lipinski definition) is 1. The third-order valence-corrected chi connectivity index (χ3v) is 2.52. The summed E-state index contributed by atoms with van der Waals surface area (Å²) in [6.45, 7) is 3.77. The first-order chi connectivity index (χ1) is 8.76. The first-order valence-corrected chi connectivity index (χ1v) is 6.25. The minimum Gasteiger partial charge on any atom is -0.494 e. The molecule has 1 aromatic carbocycles. The number of unbranched alkanes of at least 4 members (excludes halogenated alkanes) is 1. The van der Waals surface area contributed by atoms with Crippen molar-refractivity contribution in [2.75, 3.05) is 20.3 Å². The molecule has 0 radical (unpaired) electrons. The standard InChI is InChI=1S/C14H21NO3/c1-3-4-9-18-13-7-5-12(6-8-13)10-15-11-14(16)17-2/h5-8,15H,3-4,9-11H2,1-2H3. The maximum atomic E-state index is 10.9. The normalized spacial score (nSPS) is 10.1. The molecule has 4 nitrogen and oxygen atoms in total. The van der Waals surface area contributed by atoms with E-state index in [4.69, 9.17) is 4.74 Å². The molecule has 0 saturated heterocycles. The molecule has 1 rings (SSSR count). The molecule has 0 aliphatic rings. The second kappa shape index (κ2) is 8.53. The van der Waals surface area contributed by atoms with Crippen molar-refractivity contribution in [3.8, 4) is 5.75 Å². The van der Waals surface area contributed by atoms with Gasteiger partial charge < -0.3 is 14.8 Å². The number of rotatable bonds is 8. The Morgan fingerprint density at radius 3 is 2.61 bits per heavy atom. The van der Waals surface area contributed by atoms with Gasteiger partial charge in [-0.05, 0) is 24.1 Å². The lowest BCUT2D eigenvalue weighted by atomic mass is 10.2. The summed E-state index contributed by atoms with van der Waals surface area (Å²) in [6, 6.07) is 7.88. The Hall–Kier alpha value is -1.55. The fraction of sp³-hybridized carbons (Fsp3) is 0.500. The summed E-state index contributed by atoms with van der Waals surface area (Å²) in [4.78, 5) is 10.9. The number of nitrogens with one attached hydrogen (secondary N) is 1. The van der Waals surface area contributed by atoms with Crippen LogP contribution in [-0.4, -0.2) is 26.2 Å². The van der Waals surface area contributed by atoms with E-state index in [-0.39, 0.29) is 12.5 Å². The number of hydrogen-bond acceptors (Lipinski definition) is 4. The highest BCUT2D eigenvalue weighted by molar-refractivity contribution is 5.71. The van der Waals surface area contributed by atoms with Gasteiger partial charge in [-0.3, -0.25) is 4.79 Å². The molecule has 0 atom stereocenters. The van der Waals surface area contributed by atoms with Gasteiger partial charge >= 0.3 is 5.97 Å². The van der Waals surface area contributed by atoms with E-state index < -0.39 is 0 Å². The second-order valence-corrected chi connectivity index (χ2v) is 4.03. The van der Waals surface area contributed by atoms with Crippen LogP contribution >= 0.6 is 0 Å². The molecule has 4 heteroatoms. The van der Waals surface area contributed by atoms with Crippen LogP contribution in [0.3, 0.4) is 0 Å². The van der Waals surface area contributed by atoms with E-state index in [9.17, 15) is 4.79 Å². The molecule has 0 aromatic heterocycles. The number of methoxy groups -OCH3 is 1. The summed E-state index contributed by atoms with van der Waals surface area (Å²) in [5.41, 5.74) is 1.11. The molecule has 18 heavy (non-hydrogen) atoms. The largest absolute Gasteiger partial charge is 0.494 e. The lowest BCUT2D eigenvalue weighted by Gasteiger charge is -2.07. The quantitative estimate of drug-likeness (QED) is 0.568. The minimum atomic E-state index is -0.255. The third-order valence-electron chi connectivity index (χ3n) is 2.52. The molecular weight excluding hydrogens is 230 g/mol. The predicted octanol–water partition coefficient (Wildman–Crippen LogP) is 2.13. The zero-order valence-corrected chi connectivity index (χ0v) is 11.1. The fourth-order valence-electron chi connectivity index (χ4n) is 1.42. The molecular formula is C14H21NO3.